The third-order valence-electron chi connectivity index (χ3n) is 4.45. The van der Waals surface area contributed by atoms with Crippen molar-refractivity contribution in [3.05, 3.63) is 0 Å². The second kappa shape index (κ2) is 10.2. The molecule has 21 heavy (non-hydrogen) atoms. The first-order valence-electron chi connectivity index (χ1n) is 8.76. The second-order valence-corrected chi connectivity index (χ2v) is 6.51. The van der Waals surface area contributed by atoms with Gasteiger partial charge < -0.3 is 15.8 Å². The van der Waals surface area contributed by atoms with E-state index in [2.05, 4.69) is 19.2 Å². The molecular weight excluding hydrogens is 264 g/mol. The molecule has 0 heterocycles. The highest BCUT2D eigenvalue weighted by atomic mass is 16.5. The Morgan fingerprint density at radius 2 is 2.14 bits per heavy atom. The van der Waals surface area contributed by atoms with Gasteiger partial charge in [-0.3, -0.25) is 4.79 Å². The molecule has 4 heteroatoms. The smallest absolute Gasteiger partial charge is 0.249 e. The monoisotopic (exact) mass is 298 g/mol. The van der Waals surface area contributed by atoms with E-state index in [-0.39, 0.29) is 24.2 Å². The van der Waals surface area contributed by atoms with Crippen molar-refractivity contribution in [2.45, 2.75) is 90.4 Å². The van der Waals surface area contributed by atoms with Gasteiger partial charge in [0.2, 0.25) is 5.91 Å². The maximum atomic E-state index is 12.4. The van der Waals surface area contributed by atoms with E-state index in [1.165, 1.54) is 12.8 Å². The van der Waals surface area contributed by atoms with Crippen molar-refractivity contribution < 1.29 is 9.53 Å². The normalized spacial score (nSPS) is 25.3. The molecule has 4 atom stereocenters. The number of unbranched alkanes of at least 4 members (excludes halogenated alkanes) is 1. The van der Waals surface area contributed by atoms with Crippen LogP contribution in [0.4, 0.5) is 0 Å². The largest absolute Gasteiger partial charge is 0.365 e. The minimum absolute atomic E-state index is 0.0160. The lowest BCUT2D eigenvalue weighted by atomic mass is 9.88. The van der Waals surface area contributed by atoms with E-state index in [9.17, 15) is 4.79 Å². The van der Waals surface area contributed by atoms with Gasteiger partial charge in [-0.2, -0.15) is 0 Å². The number of carbonyl (C=O) groups is 1. The fourth-order valence-electron chi connectivity index (χ4n) is 3.07. The molecule has 0 spiro atoms. The molecule has 1 rings (SSSR count). The first kappa shape index (κ1) is 18.4. The van der Waals surface area contributed by atoms with Crippen molar-refractivity contribution in [2.24, 2.45) is 11.7 Å². The lowest BCUT2D eigenvalue weighted by Gasteiger charge is -2.30. The van der Waals surface area contributed by atoms with Crippen LogP contribution in [-0.4, -0.2) is 30.7 Å². The summed E-state index contributed by atoms with van der Waals surface area (Å²) in [5.41, 5.74) is 5.75. The number of hydrogen-bond donors (Lipinski definition) is 2. The average molecular weight is 298 g/mol. The summed E-state index contributed by atoms with van der Waals surface area (Å²) in [4.78, 5) is 12.4. The zero-order valence-electron chi connectivity index (χ0n) is 14.1. The molecule has 1 amide bonds. The highest BCUT2D eigenvalue weighted by Crippen LogP contribution is 2.27. The molecule has 4 unspecified atom stereocenters. The zero-order valence-corrected chi connectivity index (χ0v) is 14.1. The van der Waals surface area contributed by atoms with Crippen LogP contribution < -0.4 is 11.1 Å². The van der Waals surface area contributed by atoms with Crippen LogP contribution in [0.3, 0.4) is 0 Å². The molecule has 0 bridgehead atoms. The van der Waals surface area contributed by atoms with E-state index < -0.39 is 0 Å². The predicted octanol–water partition coefficient (Wildman–Crippen LogP) is 2.99. The molecule has 0 saturated heterocycles. The Morgan fingerprint density at radius 3 is 2.71 bits per heavy atom. The number of amides is 1. The van der Waals surface area contributed by atoms with Crippen LogP contribution >= 0.6 is 0 Å². The lowest BCUT2D eigenvalue weighted by molar-refractivity contribution is -0.139. The third-order valence-corrected chi connectivity index (χ3v) is 4.45. The number of ether oxygens (including phenoxy) is 1. The Morgan fingerprint density at radius 1 is 1.38 bits per heavy atom. The number of rotatable bonds is 9. The standard InChI is InChI=1S/C17H34N2O2/c1-4-6-9-14(12-18)19-17(20)16(5-2)21-15-10-7-8-13(3)11-15/h13-16H,4-12,18H2,1-3H3,(H,19,20). The van der Waals surface area contributed by atoms with Gasteiger partial charge in [-0.25, -0.2) is 0 Å². The molecule has 1 saturated carbocycles. The van der Waals surface area contributed by atoms with Gasteiger partial charge in [0.05, 0.1) is 6.10 Å². The van der Waals surface area contributed by atoms with E-state index in [0.717, 1.165) is 38.5 Å². The van der Waals surface area contributed by atoms with Crippen LogP contribution in [0.25, 0.3) is 0 Å². The molecule has 1 aliphatic rings. The van der Waals surface area contributed by atoms with Crippen LogP contribution in [0.1, 0.15) is 72.1 Å². The molecule has 0 radical (unpaired) electrons. The first-order chi connectivity index (χ1) is 10.1. The summed E-state index contributed by atoms with van der Waals surface area (Å²) in [5.74, 6) is 0.730. The van der Waals surface area contributed by atoms with Gasteiger partial charge in [0.1, 0.15) is 6.10 Å². The molecule has 124 valence electrons. The predicted molar refractivity (Wildman–Crippen MR) is 87.1 cm³/mol. The highest BCUT2D eigenvalue weighted by molar-refractivity contribution is 5.81. The van der Waals surface area contributed by atoms with Crippen molar-refractivity contribution in [3.63, 3.8) is 0 Å². The molecule has 1 fully saturated rings. The van der Waals surface area contributed by atoms with Crippen LogP contribution in [-0.2, 0) is 9.53 Å². The Bertz CT molecular complexity index is 297. The van der Waals surface area contributed by atoms with Crippen LogP contribution in [0, 0.1) is 5.92 Å². The number of nitrogens with one attached hydrogen (secondary N) is 1. The number of nitrogens with two attached hydrogens (primary N) is 1. The summed E-state index contributed by atoms with van der Waals surface area (Å²) in [7, 11) is 0. The minimum atomic E-state index is -0.323. The minimum Gasteiger partial charge on any atom is -0.365 e. The summed E-state index contributed by atoms with van der Waals surface area (Å²) in [6.45, 7) is 6.94. The van der Waals surface area contributed by atoms with Gasteiger partial charge in [-0.05, 0) is 31.6 Å². The lowest BCUT2D eigenvalue weighted by Crippen LogP contribution is -2.46. The summed E-state index contributed by atoms with van der Waals surface area (Å²) in [5, 5.41) is 3.06. The fourth-order valence-corrected chi connectivity index (χ4v) is 3.07. The fraction of sp³-hybridized carbons (Fsp3) is 0.941. The van der Waals surface area contributed by atoms with E-state index in [1.54, 1.807) is 0 Å². The maximum absolute atomic E-state index is 12.4. The van der Waals surface area contributed by atoms with Crippen molar-refractivity contribution in [1.29, 1.82) is 0 Å². The SMILES string of the molecule is CCCCC(CN)NC(=O)C(CC)OC1CCCC(C)C1. The quantitative estimate of drug-likeness (QED) is 0.688. The van der Waals surface area contributed by atoms with E-state index in [4.69, 9.17) is 10.5 Å². The van der Waals surface area contributed by atoms with Crippen molar-refractivity contribution in [1.82, 2.24) is 5.32 Å². The molecule has 0 aromatic carbocycles. The summed E-state index contributed by atoms with van der Waals surface area (Å²) >= 11 is 0. The van der Waals surface area contributed by atoms with Gasteiger partial charge in [0.15, 0.2) is 0 Å². The number of hydrogen-bond acceptors (Lipinski definition) is 3. The number of carbonyl (C=O) groups excluding carboxylic acids is 1. The molecule has 3 N–H and O–H groups in total. The molecule has 0 aromatic rings. The van der Waals surface area contributed by atoms with E-state index in [0.29, 0.717) is 12.5 Å². The summed E-state index contributed by atoms with van der Waals surface area (Å²) < 4.78 is 6.07. The van der Waals surface area contributed by atoms with Crippen molar-refractivity contribution in [3.8, 4) is 0 Å². The first-order valence-corrected chi connectivity index (χ1v) is 8.76. The van der Waals surface area contributed by atoms with Gasteiger partial charge in [0, 0.05) is 12.6 Å². The van der Waals surface area contributed by atoms with E-state index >= 15 is 0 Å². The third kappa shape index (κ3) is 6.79. The zero-order chi connectivity index (χ0) is 15.7. The molecule has 0 aliphatic heterocycles. The molecule has 1 aliphatic carbocycles. The topological polar surface area (TPSA) is 64.3 Å². The van der Waals surface area contributed by atoms with Crippen LogP contribution in [0.2, 0.25) is 0 Å². The Hall–Kier alpha value is -0.610. The van der Waals surface area contributed by atoms with Gasteiger partial charge in [-0.15, -0.1) is 0 Å². The highest BCUT2D eigenvalue weighted by Gasteiger charge is 2.26. The van der Waals surface area contributed by atoms with Crippen LogP contribution in [0.5, 0.6) is 0 Å². The molecule has 0 aromatic heterocycles. The van der Waals surface area contributed by atoms with Gasteiger partial charge >= 0.3 is 0 Å². The Labute approximate surface area is 130 Å². The average Bonchev–Trinajstić information content (AvgIpc) is 2.48. The second-order valence-electron chi connectivity index (χ2n) is 6.51. The summed E-state index contributed by atoms with van der Waals surface area (Å²) in [6.07, 6.45) is 8.50. The molecule has 4 nitrogen and oxygen atoms in total. The van der Waals surface area contributed by atoms with E-state index in [1.807, 2.05) is 6.92 Å². The molecular formula is C17H34N2O2. The van der Waals surface area contributed by atoms with Crippen molar-refractivity contribution >= 4 is 5.91 Å². The van der Waals surface area contributed by atoms with Crippen molar-refractivity contribution in [2.75, 3.05) is 6.54 Å². The van der Waals surface area contributed by atoms with Gasteiger partial charge in [-0.1, -0.05) is 46.5 Å². The summed E-state index contributed by atoms with van der Waals surface area (Å²) in [6, 6.07) is 0.0837. The van der Waals surface area contributed by atoms with Crippen LogP contribution in [0.15, 0.2) is 0 Å². The Kier molecular flexibility index (Phi) is 8.93. The van der Waals surface area contributed by atoms with Gasteiger partial charge in [0.25, 0.3) is 0 Å². The Balaban J connectivity index is 2.44. The maximum Gasteiger partial charge on any atom is 0.249 e.